The molecule has 0 saturated heterocycles. The van der Waals surface area contributed by atoms with Gasteiger partial charge in [0.2, 0.25) is 5.91 Å². The summed E-state index contributed by atoms with van der Waals surface area (Å²) < 4.78 is 15.9. The Morgan fingerprint density at radius 1 is 1.12 bits per heavy atom. The van der Waals surface area contributed by atoms with Gasteiger partial charge in [0.05, 0.1) is 17.1 Å². The summed E-state index contributed by atoms with van der Waals surface area (Å²) in [4.78, 5) is 11.1. The number of carbonyl (C=O) groups excluding carboxylic acids is 1. The quantitative estimate of drug-likeness (QED) is 0.603. The zero-order valence-electron chi connectivity index (χ0n) is 14.3. The molecular weight excluding hydrogens is 331 g/mol. The Morgan fingerprint density at radius 2 is 1.77 bits per heavy atom. The minimum Gasteiger partial charge on any atom is -0.397 e. The fraction of sp³-hybridized carbons (Fsp3) is 0.0500. The Hall–Kier alpha value is -3.54. The van der Waals surface area contributed by atoms with Gasteiger partial charge in [0.25, 0.3) is 0 Å². The maximum atomic E-state index is 14.2. The highest BCUT2D eigenvalue weighted by Crippen LogP contribution is 2.28. The standard InChI is InChI=1S/C20H19FN4O/c1-13(15-5-7-16(8-6-15)24-14(2)26)23-19-12-20(17(21)11-18(19)22)25-9-3-4-10-25/h3-12,23H,1,22H2,2H3,(H,24,26). The molecule has 132 valence electrons. The zero-order chi connectivity index (χ0) is 18.7. The van der Waals surface area contributed by atoms with E-state index in [1.807, 2.05) is 24.3 Å². The molecule has 0 spiro atoms. The lowest BCUT2D eigenvalue weighted by molar-refractivity contribution is -0.114. The minimum absolute atomic E-state index is 0.133. The van der Waals surface area contributed by atoms with Crippen molar-refractivity contribution in [2.45, 2.75) is 6.92 Å². The lowest BCUT2D eigenvalue weighted by atomic mass is 10.1. The molecule has 0 atom stereocenters. The lowest BCUT2D eigenvalue weighted by Crippen LogP contribution is -2.06. The van der Waals surface area contributed by atoms with Crippen molar-refractivity contribution in [3.05, 3.63) is 78.9 Å². The summed E-state index contributed by atoms with van der Waals surface area (Å²) >= 11 is 0. The summed E-state index contributed by atoms with van der Waals surface area (Å²) in [5.74, 6) is -0.541. The Morgan fingerprint density at radius 3 is 2.38 bits per heavy atom. The number of nitrogens with zero attached hydrogens (tertiary/aromatic N) is 1. The monoisotopic (exact) mass is 350 g/mol. The Kier molecular flexibility index (Phi) is 4.75. The van der Waals surface area contributed by atoms with E-state index < -0.39 is 5.82 Å². The summed E-state index contributed by atoms with van der Waals surface area (Å²) in [5.41, 5.74) is 9.32. The molecule has 4 N–H and O–H groups in total. The van der Waals surface area contributed by atoms with Gasteiger partial charge in [-0.15, -0.1) is 0 Å². The van der Waals surface area contributed by atoms with Crippen LogP contribution in [0.5, 0.6) is 0 Å². The Labute approximate surface area is 151 Å². The summed E-state index contributed by atoms with van der Waals surface area (Å²) in [6, 6.07) is 13.8. The van der Waals surface area contributed by atoms with Crippen molar-refractivity contribution >= 4 is 28.7 Å². The van der Waals surface area contributed by atoms with Crippen molar-refractivity contribution in [2.24, 2.45) is 0 Å². The fourth-order valence-electron chi connectivity index (χ4n) is 2.57. The third-order valence-corrected chi connectivity index (χ3v) is 3.84. The van der Waals surface area contributed by atoms with Crippen LogP contribution in [-0.4, -0.2) is 10.5 Å². The number of hydrogen-bond donors (Lipinski definition) is 3. The smallest absolute Gasteiger partial charge is 0.221 e. The largest absolute Gasteiger partial charge is 0.397 e. The van der Waals surface area contributed by atoms with Crippen LogP contribution in [0.1, 0.15) is 12.5 Å². The number of nitrogen functional groups attached to an aromatic ring is 1. The number of halogens is 1. The number of amides is 1. The predicted molar refractivity (Wildman–Crippen MR) is 104 cm³/mol. The number of nitrogens with two attached hydrogens (primary N) is 1. The van der Waals surface area contributed by atoms with Gasteiger partial charge in [-0.25, -0.2) is 4.39 Å². The van der Waals surface area contributed by atoms with Crippen LogP contribution in [0.15, 0.2) is 67.5 Å². The Balaban J connectivity index is 1.83. The number of anilines is 3. The molecule has 0 aliphatic heterocycles. The highest BCUT2D eigenvalue weighted by atomic mass is 19.1. The molecule has 2 aromatic carbocycles. The number of rotatable bonds is 5. The summed E-state index contributed by atoms with van der Waals surface area (Å²) in [6.45, 7) is 5.46. The summed E-state index contributed by atoms with van der Waals surface area (Å²) in [7, 11) is 0. The van der Waals surface area contributed by atoms with Crippen LogP contribution in [-0.2, 0) is 4.79 Å². The predicted octanol–water partition coefficient (Wildman–Crippen LogP) is 4.24. The highest BCUT2D eigenvalue weighted by molar-refractivity contribution is 5.89. The molecule has 5 nitrogen and oxygen atoms in total. The third kappa shape index (κ3) is 3.75. The normalized spacial score (nSPS) is 10.4. The maximum Gasteiger partial charge on any atom is 0.221 e. The van der Waals surface area contributed by atoms with E-state index in [9.17, 15) is 9.18 Å². The van der Waals surface area contributed by atoms with Crippen LogP contribution >= 0.6 is 0 Å². The van der Waals surface area contributed by atoms with Gasteiger partial charge in [-0.3, -0.25) is 4.79 Å². The van der Waals surface area contributed by atoms with Crippen LogP contribution in [0, 0.1) is 5.82 Å². The number of hydrogen-bond acceptors (Lipinski definition) is 3. The average molecular weight is 350 g/mol. The van der Waals surface area contributed by atoms with Crippen LogP contribution in [0.3, 0.4) is 0 Å². The van der Waals surface area contributed by atoms with Crippen LogP contribution in [0.2, 0.25) is 0 Å². The van der Waals surface area contributed by atoms with Gasteiger partial charge in [-0.05, 0) is 35.9 Å². The molecule has 3 rings (SSSR count). The van der Waals surface area contributed by atoms with Crippen molar-refractivity contribution in [3.63, 3.8) is 0 Å². The van der Waals surface area contributed by atoms with E-state index >= 15 is 0 Å². The molecule has 0 fully saturated rings. The zero-order valence-corrected chi connectivity index (χ0v) is 14.3. The number of aromatic nitrogens is 1. The molecule has 26 heavy (non-hydrogen) atoms. The average Bonchev–Trinajstić information content (AvgIpc) is 3.11. The van der Waals surface area contributed by atoms with Gasteiger partial charge in [0.1, 0.15) is 5.82 Å². The first-order valence-electron chi connectivity index (χ1n) is 8.00. The van der Waals surface area contributed by atoms with Gasteiger partial charge in [-0.2, -0.15) is 0 Å². The molecule has 0 aliphatic rings. The molecule has 1 amide bonds. The van der Waals surface area contributed by atoms with E-state index in [-0.39, 0.29) is 11.6 Å². The molecule has 0 bridgehead atoms. The maximum absolute atomic E-state index is 14.2. The second kappa shape index (κ2) is 7.14. The van der Waals surface area contributed by atoms with Crippen LogP contribution in [0.4, 0.5) is 21.5 Å². The second-order valence-corrected chi connectivity index (χ2v) is 5.84. The van der Waals surface area contributed by atoms with Gasteiger partial charge in [0.15, 0.2) is 0 Å². The first-order chi connectivity index (χ1) is 12.4. The summed E-state index contributed by atoms with van der Waals surface area (Å²) in [5, 5.41) is 5.84. The van der Waals surface area contributed by atoms with Crippen molar-refractivity contribution in [1.82, 2.24) is 4.57 Å². The highest BCUT2D eigenvalue weighted by Gasteiger charge is 2.10. The van der Waals surface area contributed by atoms with Gasteiger partial charge in [-0.1, -0.05) is 18.7 Å². The molecule has 1 heterocycles. The van der Waals surface area contributed by atoms with Crippen molar-refractivity contribution in [2.75, 3.05) is 16.4 Å². The SMILES string of the molecule is C=C(Nc1cc(-n2cccc2)c(F)cc1N)c1ccc(NC(C)=O)cc1. The summed E-state index contributed by atoms with van der Waals surface area (Å²) in [6.07, 6.45) is 3.52. The van der Waals surface area contributed by atoms with Gasteiger partial charge >= 0.3 is 0 Å². The second-order valence-electron chi connectivity index (χ2n) is 5.84. The van der Waals surface area contributed by atoms with Crippen molar-refractivity contribution in [3.8, 4) is 5.69 Å². The molecule has 0 unspecified atom stereocenters. The number of carbonyl (C=O) groups is 1. The minimum atomic E-state index is -0.408. The first-order valence-corrected chi connectivity index (χ1v) is 8.00. The molecule has 1 aromatic heterocycles. The van der Waals surface area contributed by atoms with Crippen molar-refractivity contribution < 1.29 is 9.18 Å². The lowest BCUT2D eigenvalue weighted by Gasteiger charge is -2.15. The van der Waals surface area contributed by atoms with E-state index in [2.05, 4.69) is 17.2 Å². The molecule has 0 radical (unpaired) electrons. The van der Waals surface area contributed by atoms with E-state index in [4.69, 9.17) is 5.73 Å². The van der Waals surface area contributed by atoms with E-state index in [0.29, 0.717) is 22.8 Å². The molecule has 0 saturated carbocycles. The number of benzene rings is 2. The van der Waals surface area contributed by atoms with E-state index in [0.717, 1.165) is 5.56 Å². The van der Waals surface area contributed by atoms with Crippen LogP contribution < -0.4 is 16.4 Å². The Bertz CT molecular complexity index is 947. The third-order valence-electron chi connectivity index (χ3n) is 3.84. The molecular formula is C20H19FN4O. The molecule has 3 aromatic rings. The van der Waals surface area contributed by atoms with E-state index in [1.165, 1.54) is 13.0 Å². The van der Waals surface area contributed by atoms with E-state index in [1.54, 1.807) is 35.2 Å². The topological polar surface area (TPSA) is 72.1 Å². The van der Waals surface area contributed by atoms with Gasteiger partial charge < -0.3 is 20.9 Å². The first kappa shape index (κ1) is 17.3. The number of nitrogens with one attached hydrogen (secondary N) is 2. The molecule has 0 aliphatic carbocycles. The fourth-order valence-corrected chi connectivity index (χ4v) is 2.57. The van der Waals surface area contributed by atoms with Gasteiger partial charge in [0, 0.05) is 36.8 Å². The van der Waals surface area contributed by atoms with Crippen LogP contribution in [0.25, 0.3) is 11.4 Å². The van der Waals surface area contributed by atoms with Crippen molar-refractivity contribution in [1.29, 1.82) is 0 Å². The molecule has 6 heteroatoms.